The number of hydrogen-bond acceptors (Lipinski definition) is 8. The Morgan fingerprint density at radius 3 is 2.66 bits per heavy atom. The molecular formula is C21H21N3O3S2. The standard InChI is InChI=1S/C21H21N3O3S2/c1-26-18-11-10-16(13-19(18)27-2)17(25)14-22-20-23-24-21(29-20)28-12-6-9-15-7-4-3-5-8-15/h3-11,13H,12,14H2,1-2H3,(H,22,23)/b9-6+. The molecular weight excluding hydrogens is 406 g/mol. The summed E-state index contributed by atoms with van der Waals surface area (Å²) >= 11 is 3.03. The van der Waals surface area contributed by atoms with E-state index in [-0.39, 0.29) is 12.3 Å². The van der Waals surface area contributed by atoms with Crippen molar-refractivity contribution in [1.29, 1.82) is 0 Å². The topological polar surface area (TPSA) is 73.3 Å². The first-order chi connectivity index (χ1) is 14.2. The van der Waals surface area contributed by atoms with E-state index in [4.69, 9.17) is 9.47 Å². The summed E-state index contributed by atoms with van der Waals surface area (Å²) < 4.78 is 11.3. The average Bonchev–Trinajstić information content (AvgIpc) is 3.23. The predicted octanol–water partition coefficient (Wildman–Crippen LogP) is 4.66. The summed E-state index contributed by atoms with van der Waals surface area (Å²) in [5.74, 6) is 1.84. The molecule has 0 aliphatic heterocycles. The Labute approximate surface area is 178 Å². The van der Waals surface area contributed by atoms with Crippen molar-refractivity contribution in [3.05, 3.63) is 65.7 Å². The molecule has 2 aromatic carbocycles. The van der Waals surface area contributed by atoms with Gasteiger partial charge in [-0.15, -0.1) is 10.2 Å². The molecule has 1 N–H and O–H groups in total. The summed E-state index contributed by atoms with van der Waals surface area (Å²) in [4.78, 5) is 12.4. The van der Waals surface area contributed by atoms with Crippen LogP contribution < -0.4 is 14.8 Å². The monoisotopic (exact) mass is 427 g/mol. The Kier molecular flexibility index (Phi) is 7.66. The van der Waals surface area contributed by atoms with Crippen LogP contribution in [0, 0.1) is 0 Å². The second-order valence-electron chi connectivity index (χ2n) is 5.84. The summed E-state index contributed by atoms with van der Waals surface area (Å²) in [5.41, 5.74) is 1.71. The third kappa shape index (κ3) is 6.07. The minimum atomic E-state index is -0.0684. The van der Waals surface area contributed by atoms with Crippen molar-refractivity contribution in [2.24, 2.45) is 0 Å². The second-order valence-corrected chi connectivity index (χ2v) is 8.09. The van der Waals surface area contributed by atoms with Crippen molar-refractivity contribution >= 4 is 40.1 Å². The summed E-state index contributed by atoms with van der Waals surface area (Å²) in [7, 11) is 3.10. The van der Waals surface area contributed by atoms with Crippen molar-refractivity contribution in [3.63, 3.8) is 0 Å². The van der Waals surface area contributed by atoms with Gasteiger partial charge in [0, 0.05) is 11.3 Å². The zero-order valence-electron chi connectivity index (χ0n) is 16.1. The number of thioether (sulfide) groups is 1. The highest BCUT2D eigenvalue weighted by Gasteiger charge is 2.12. The van der Waals surface area contributed by atoms with Gasteiger partial charge in [0.1, 0.15) is 0 Å². The van der Waals surface area contributed by atoms with Crippen LogP contribution >= 0.6 is 23.1 Å². The molecule has 0 aliphatic rings. The number of nitrogens with zero attached hydrogens (tertiary/aromatic N) is 2. The lowest BCUT2D eigenvalue weighted by Crippen LogP contribution is -2.14. The molecule has 0 amide bonds. The summed E-state index contributed by atoms with van der Waals surface area (Å²) in [5, 5.41) is 11.9. The van der Waals surface area contributed by atoms with E-state index in [9.17, 15) is 4.79 Å². The fraction of sp³-hybridized carbons (Fsp3) is 0.190. The molecule has 0 atom stereocenters. The number of ether oxygens (including phenoxy) is 2. The minimum Gasteiger partial charge on any atom is -0.493 e. The Hall–Kier alpha value is -2.84. The number of carbonyl (C=O) groups excluding carboxylic acids is 1. The van der Waals surface area contributed by atoms with Crippen molar-refractivity contribution in [2.75, 3.05) is 31.8 Å². The molecule has 1 heterocycles. The zero-order valence-corrected chi connectivity index (χ0v) is 17.8. The number of aromatic nitrogens is 2. The lowest BCUT2D eigenvalue weighted by Gasteiger charge is -2.09. The molecule has 3 rings (SSSR count). The first-order valence-corrected chi connectivity index (χ1v) is 10.7. The average molecular weight is 428 g/mol. The Balaban J connectivity index is 1.48. The lowest BCUT2D eigenvalue weighted by atomic mass is 10.1. The van der Waals surface area contributed by atoms with Crippen LogP contribution in [0.25, 0.3) is 6.08 Å². The highest BCUT2D eigenvalue weighted by molar-refractivity contribution is 8.01. The molecule has 0 saturated heterocycles. The van der Waals surface area contributed by atoms with Crippen LogP contribution in [0.3, 0.4) is 0 Å². The van der Waals surface area contributed by atoms with E-state index >= 15 is 0 Å². The number of ketones is 1. The number of benzene rings is 2. The fourth-order valence-electron chi connectivity index (χ4n) is 2.47. The third-order valence-electron chi connectivity index (χ3n) is 3.93. The molecule has 0 unspecified atom stereocenters. The molecule has 0 spiro atoms. The number of Topliss-reactive ketones (excluding diaryl/α,β-unsaturated/α-hetero) is 1. The summed E-state index contributed by atoms with van der Waals surface area (Å²) in [6, 6.07) is 15.2. The number of methoxy groups -OCH3 is 2. The van der Waals surface area contributed by atoms with Crippen molar-refractivity contribution in [3.8, 4) is 11.5 Å². The largest absolute Gasteiger partial charge is 0.493 e. The number of rotatable bonds is 10. The van der Waals surface area contributed by atoms with Crippen molar-refractivity contribution in [2.45, 2.75) is 4.34 Å². The van der Waals surface area contributed by atoms with Gasteiger partial charge in [-0.25, -0.2) is 0 Å². The first kappa shape index (κ1) is 20.9. The lowest BCUT2D eigenvalue weighted by molar-refractivity contribution is 0.101. The molecule has 29 heavy (non-hydrogen) atoms. The van der Waals surface area contributed by atoms with Crippen LogP contribution in [0.2, 0.25) is 0 Å². The number of carbonyl (C=O) groups is 1. The highest BCUT2D eigenvalue weighted by atomic mass is 32.2. The SMILES string of the molecule is COc1ccc(C(=O)CNc2nnc(SC/C=C/c3ccccc3)s2)cc1OC. The maximum atomic E-state index is 12.4. The van der Waals surface area contributed by atoms with Crippen LogP contribution in [0.5, 0.6) is 11.5 Å². The Morgan fingerprint density at radius 2 is 1.90 bits per heavy atom. The molecule has 0 aliphatic carbocycles. The van der Waals surface area contributed by atoms with Gasteiger partial charge in [0.05, 0.1) is 20.8 Å². The zero-order chi connectivity index (χ0) is 20.5. The molecule has 0 saturated carbocycles. The van der Waals surface area contributed by atoms with Crippen LogP contribution in [0.1, 0.15) is 15.9 Å². The molecule has 8 heteroatoms. The van der Waals surface area contributed by atoms with Gasteiger partial charge in [-0.3, -0.25) is 4.79 Å². The van der Waals surface area contributed by atoms with Gasteiger partial charge in [0.15, 0.2) is 21.6 Å². The molecule has 0 bridgehead atoms. The molecule has 1 aromatic heterocycles. The highest BCUT2D eigenvalue weighted by Crippen LogP contribution is 2.28. The van der Waals surface area contributed by atoms with Crippen molar-refractivity contribution < 1.29 is 14.3 Å². The first-order valence-electron chi connectivity index (χ1n) is 8.86. The normalized spacial score (nSPS) is 10.8. The van der Waals surface area contributed by atoms with Gasteiger partial charge in [-0.05, 0) is 23.8 Å². The van der Waals surface area contributed by atoms with Gasteiger partial charge in [-0.1, -0.05) is 65.6 Å². The van der Waals surface area contributed by atoms with Gasteiger partial charge < -0.3 is 14.8 Å². The van der Waals surface area contributed by atoms with Gasteiger partial charge >= 0.3 is 0 Å². The maximum Gasteiger partial charge on any atom is 0.206 e. The van der Waals surface area contributed by atoms with Crippen LogP contribution in [-0.2, 0) is 0 Å². The molecule has 3 aromatic rings. The van der Waals surface area contributed by atoms with Crippen molar-refractivity contribution in [1.82, 2.24) is 10.2 Å². The number of anilines is 1. The second kappa shape index (κ2) is 10.6. The van der Waals surface area contributed by atoms with E-state index in [1.54, 1.807) is 44.2 Å². The predicted molar refractivity (Wildman–Crippen MR) is 118 cm³/mol. The Morgan fingerprint density at radius 1 is 1.10 bits per heavy atom. The van der Waals surface area contributed by atoms with E-state index in [0.29, 0.717) is 22.2 Å². The maximum absolute atomic E-state index is 12.4. The number of hydrogen-bond donors (Lipinski definition) is 1. The summed E-state index contributed by atoms with van der Waals surface area (Å²) in [6.07, 6.45) is 4.17. The molecule has 0 radical (unpaired) electrons. The molecule has 0 fully saturated rings. The van der Waals surface area contributed by atoms with E-state index < -0.39 is 0 Å². The Bertz CT molecular complexity index is 974. The van der Waals surface area contributed by atoms with Crippen LogP contribution in [0.15, 0.2) is 58.9 Å². The van der Waals surface area contributed by atoms with Gasteiger partial charge in [-0.2, -0.15) is 0 Å². The third-order valence-corrected chi connectivity index (χ3v) is 5.89. The quantitative estimate of drug-likeness (QED) is 0.373. The van der Waals surface area contributed by atoms with Crippen LogP contribution in [0.4, 0.5) is 5.13 Å². The van der Waals surface area contributed by atoms with E-state index in [2.05, 4.69) is 39.8 Å². The van der Waals surface area contributed by atoms with E-state index in [0.717, 1.165) is 10.1 Å². The summed E-state index contributed by atoms with van der Waals surface area (Å²) in [6.45, 7) is 0.128. The molecule has 6 nitrogen and oxygen atoms in total. The molecule has 150 valence electrons. The smallest absolute Gasteiger partial charge is 0.206 e. The minimum absolute atomic E-state index is 0.0684. The van der Waals surface area contributed by atoms with E-state index in [1.165, 1.54) is 16.9 Å². The van der Waals surface area contributed by atoms with Crippen LogP contribution in [-0.4, -0.2) is 42.5 Å². The van der Waals surface area contributed by atoms with Gasteiger partial charge in [0.25, 0.3) is 0 Å². The van der Waals surface area contributed by atoms with E-state index in [1.807, 2.05) is 18.2 Å². The number of nitrogens with one attached hydrogen (secondary N) is 1. The fourth-order valence-corrected chi connectivity index (χ4v) is 4.06. The van der Waals surface area contributed by atoms with Gasteiger partial charge in [0.2, 0.25) is 5.13 Å².